The van der Waals surface area contributed by atoms with Crippen LogP contribution < -0.4 is 0 Å². The van der Waals surface area contributed by atoms with Crippen molar-refractivity contribution in [3.63, 3.8) is 0 Å². The molecule has 0 saturated carbocycles. The average Bonchev–Trinajstić information content (AvgIpc) is 3.21. The van der Waals surface area contributed by atoms with Crippen molar-refractivity contribution in [1.82, 2.24) is 20.0 Å². The number of rotatable bonds is 3. The second-order valence-electron chi connectivity index (χ2n) is 5.98. The fourth-order valence-corrected chi connectivity index (χ4v) is 3.05. The molecular weight excluding hydrogens is 286 g/mol. The predicted octanol–water partition coefficient (Wildman–Crippen LogP) is 3.92. The van der Waals surface area contributed by atoms with Crippen LogP contribution in [0.3, 0.4) is 0 Å². The van der Waals surface area contributed by atoms with Crippen molar-refractivity contribution < 1.29 is 0 Å². The van der Waals surface area contributed by atoms with Crippen molar-refractivity contribution in [1.29, 1.82) is 0 Å². The number of benzene rings is 1. The minimum atomic E-state index is 0.948. The van der Waals surface area contributed by atoms with E-state index in [0.717, 1.165) is 40.7 Å². The normalized spacial score (nSPS) is 15.9. The third-order valence-corrected chi connectivity index (χ3v) is 4.24. The molecule has 5 heteroatoms. The maximum Gasteiger partial charge on any atom is 0.0769 e. The van der Waals surface area contributed by atoms with Crippen molar-refractivity contribution in [3.05, 3.63) is 54.0 Å². The van der Waals surface area contributed by atoms with E-state index in [9.17, 15) is 0 Å². The Morgan fingerprint density at radius 2 is 2.22 bits per heavy atom. The van der Waals surface area contributed by atoms with E-state index >= 15 is 0 Å². The van der Waals surface area contributed by atoms with E-state index in [1.807, 2.05) is 42.5 Å². The first kappa shape index (κ1) is 13.9. The van der Waals surface area contributed by atoms with Crippen LogP contribution in [0.15, 0.2) is 53.4 Å². The van der Waals surface area contributed by atoms with Crippen molar-refractivity contribution in [2.24, 2.45) is 12.0 Å². The maximum atomic E-state index is 4.95. The molecule has 0 fully saturated rings. The number of aryl methyl sites for hydroxylation is 1. The van der Waals surface area contributed by atoms with Gasteiger partial charge >= 0.3 is 0 Å². The van der Waals surface area contributed by atoms with Crippen LogP contribution in [0, 0.1) is 0 Å². The van der Waals surface area contributed by atoms with Crippen molar-refractivity contribution >= 4 is 22.3 Å². The van der Waals surface area contributed by atoms with Gasteiger partial charge in [-0.25, -0.2) is 4.99 Å². The van der Waals surface area contributed by atoms with Crippen LogP contribution in [-0.4, -0.2) is 25.7 Å². The van der Waals surface area contributed by atoms with E-state index in [2.05, 4.69) is 27.4 Å². The van der Waals surface area contributed by atoms with Crippen LogP contribution in [0.25, 0.3) is 10.9 Å². The molecule has 2 aromatic heterocycles. The third-order valence-electron chi connectivity index (χ3n) is 4.24. The molecule has 23 heavy (non-hydrogen) atoms. The molecule has 1 aliphatic carbocycles. The molecule has 0 aliphatic heterocycles. The topological polar surface area (TPSA) is 58.9 Å². The van der Waals surface area contributed by atoms with Crippen LogP contribution >= 0.6 is 0 Å². The quantitative estimate of drug-likeness (QED) is 0.746. The Labute approximate surface area is 134 Å². The van der Waals surface area contributed by atoms with Gasteiger partial charge in [-0.1, -0.05) is 6.08 Å². The molecule has 1 N–H and O–H groups in total. The van der Waals surface area contributed by atoms with Crippen LogP contribution in [0.1, 0.15) is 31.2 Å². The zero-order valence-corrected chi connectivity index (χ0v) is 13.2. The summed E-state index contributed by atoms with van der Waals surface area (Å²) in [5, 5.41) is 12.4. The molecule has 0 amide bonds. The van der Waals surface area contributed by atoms with Gasteiger partial charge in [0.2, 0.25) is 0 Å². The molecule has 0 radical (unpaired) electrons. The summed E-state index contributed by atoms with van der Waals surface area (Å²) in [6.07, 6.45) is 12.8. The number of aromatic nitrogens is 4. The lowest BCUT2D eigenvalue weighted by Gasteiger charge is -2.14. The first-order valence-electron chi connectivity index (χ1n) is 8.00. The standard InChI is InChI=1S/C18H19N5/c1-23-12-15(11-20-23)18(13-5-3-2-4-6-13)21-16-7-8-17-14(9-16)10-19-22-17/h5,7-12H,2-4,6H2,1H3,(H,19,22). The lowest BCUT2D eigenvalue weighted by molar-refractivity contribution is 0.717. The van der Waals surface area contributed by atoms with Crippen LogP contribution in [-0.2, 0) is 7.05 Å². The van der Waals surface area contributed by atoms with Gasteiger partial charge in [-0.2, -0.15) is 10.2 Å². The zero-order chi connectivity index (χ0) is 15.6. The summed E-state index contributed by atoms with van der Waals surface area (Å²) in [5.74, 6) is 0. The summed E-state index contributed by atoms with van der Waals surface area (Å²) in [7, 11) is 1.94. The van der Waals surface area contributed by atoms with Crippen molar-refractivity contribution in [3.8, 4) is 0 Å². The molecule has 0 saturated heterocycles. The van der Waals surface area contributed by atoms with Gasteiger partial charge in [0.25, 0.3) is 0 Å². The molecule has 0 unspecified atom stereocenters. The number of hydrogen-bond donors (Lipinski definition) is 1. The number of aromatic amines is 1. The fraction of sp³-hybridized carbons (Fsp3) is 0.278. The van der Waals surface area contributed by atoms with Gasteiger partial charge < -0.3 is 0 Å². The van der Waals surface area contributed by atoms with E-state index < -0.39 is 0 Å². The van der Waals surface area contributed by atoms with Gasteiger partial charge in [0.1, 0.15) is 0 Å². The number of nitrogens with one attached hydrogen (secondary N) is 1. The first-order valence-corrected chi connectivity index (χ1v) is 8.00. The molecule has 1 aliphatic rings. The van der Waals surface area contributed by atoms with E-state index in [0.29, 0.717) is 0 Å². The highest BCUT2D eigenvalue weighted by Crippen LogP contribution is 2.26. The third kappa shape index (κ3) is 2.82. The van der Waals surface area contributed by atoms with E-state index in [1.165, 1.54) is 18.4 Å². The Morgan fingerprint density at radius 3 is 3.00 bits per heavy atom. The fourth-order valence-electron chi connectivity index (χ4n) is 3.05. The van der Waals surface area contributed by atoms with Gasteiger partial charge in [0.05, 0.1) is 29.3 Å². The summed E-state index contributed by atoms with van der Waals surface area (Å²) in [6.45, 7) is 0. The highest BCUT2D eigenvalue weighted by atomic mass is 15.2. The van der Waals surface area contributed by atoms with Crippen molar-refractivity contribution in [2.75, 3.05) is 0 Å². The Bertz CT molecular complexity index is 897. The zero-order valence-electron chi connectivity index (χ0n) is 13.2. The number of aliphatic imine (C=N–C) groups is 1. The number of hydrogen-bond acceptors (Lipinski definition) is 3. The van der Waals surface area contributed by atoms with Gasteiger partial charge in [-0.05, 0) is 49.5 Å². The lowest BCUT2D eigenvalue weighted by atomic mass is 9.93. The molecule has 3 aromatic rings. The highest BCUT2D eigenvalue weighted by molar-refractivity contribution is 6.13. The summed E-state index contributed by atoms with van der Waals surface area (Å²) in [6, 6.07) is 6.12. The van der Waals surface area contributed by atoms with Crippen LogP contribution in [0.5, 0.6) is 0 Å². The van der Waals surface area contributed by atoms with E-state index in [-0.39, 0.29) is 0 Å². The number of nitrogens with zero attached hydrogens (tertiary/aromatic N) is 4. The van der Waals surface area contributed by atoms with Crippen molar-refractivity contribution in [2.45, 2.75) is 25.7 Å². The summed E-state index contributed by atoms with van der Waals surface area (Å²) >= 11 is 0. The minimum absolute atomic E-state index is 0.948. The Kier molecular flexibility index (Phi) is 3.54. The van der Waals surface area contributed by atoms with Gasteiger partial charge in [0, 0.05) is 24.2 Å². The Balaban J connectivity index is 1.81. The molecule has 0 bridgehead atoms. The summed E-state index contributed by atoms with van der Waals surface area (Å²) < 4.78 is 1.83. The van der Waals surface area contributed by atoms with E-state index in [4.69, 9.17) is 4.99 Å². The van der Waals surface area contributed by atoms with Gasteiger partial charge in [0.15, 0.2) is 0 Å². The SMILES string of the molecule is Cn1cc(C(=Nc2ccc3[nH]ncc3c2)C2=CCCCC2)cn1. The largest absolute Gasteiger partial charge is 0.278 e. The predicted molar refractivity (Wildman–Crippen MR) is 92.0 cm³/mol. The molecular formula is C18H19N5. The molecule has 5 nitrogen and oxygen atoms in total. The van der Waals surface area contributed by atoms with Gasteiger partial charge in [-0.15, -0.1) is 0 Å². The first-order chi connectivity index (χ1) is 11.3. The second-order valence-corrected chi connectivity index (χ2v) is 5.98. The van der Waals surface area contributed by atoms with Crippen LogP contribution in [0.4, 0.5) is 5.69 Å². The smallest absolute Gasteiger partial charge is 0.0769 e. The van der Waals surface area contributed by atoms with Crippen LogP contribution in [0.2, 0.25) is 0 Å². The molecule has 0 atom stereocenters. The molecule has 1 aromatic carbocycles. The number of fused-ring (bicyclic) bond motifs is 1. The molecule has 116 valence electrons. The minimum Gasteiger partial charge on any atom is -0.278 e. The molecule has 4 rings (SSSR count). The maximum absolute atomic E-state index is 4.95. The Hall–Kier alpha value is -2.69. The lowest BCUT2D eigenvalue weighted by Crippen LogP contribution is -2.07. The number of H-pyrrole nitrogens is 1. The van der Waals surface area contributed by atoms with E-state index in [1.54, 1.807) is 0 Å². The highest BCUT2D eigenvalue weighted by Gasteiger charge is 2.14. The monoisotopic (exact) mass is 305 g/mol. The summed E-state index contributed by atoms with van der Waals surface area (Å²) in [5.41, 5.74) is 5.43. The average molecular weight is 305 g/mol. The molecule has 0 spiro atoms. The molecule has 2 heterocycles. The Morgan fingerprint density at radius 1 is 1.26 bits per heavy atom. The number of allylic oxidation sites excluding steroid dienone is 2. The second kappa shape index (κ2) is 5.83. The summed E-state index contributed by atoms with van der Waals surface area (Å²) in [4.78, 5) is 4.95. The van der Waals surface area contributed by atoms with Gasteiger partial charge in [-0.3, -0.25) is 9.78 Å².